The van der Waals surface area contributed by atoms with Crippen molar-refractivity contribution >= 4 is 11.9 Å². The molecule has 0 bridgehead atoms. The van der Waals surface area contributed by atoms with E-state index in [1.165, 1.54) is 0 Å². The molecular weight excluding hydrogens is 184 g/mol. The topological polar surface area (TPSA) is 52.6 Å². The largest absolute Gasteiger partial charge is 0.461 e. The van der Waals surface area contributed by atoms with E-state index in [1.54, 1.807) is 26.0 Å². The molecule has 0 fully saturated rings. The molecule has 0 aromatic rings. The van der Waals surface area contributed by atoms with Gasteiger partial charge in [-0.2, -0.15) is 0 Å². The Balaban J connectivity index is 3.36. The number of rotatable bonds is 6. The second-order valence-corrected chi connectivity index (χ2v) is 2.54. The summed E-state index contributed by atoms with van der Waals surface area (Å²) < 4.78 is 9.52. The van der Waals surface area contributed by atoms with Crippen LogP contribution in [-0.4, -0.2) is 25.2 Å². The first-order valence-electron chi connectivity index (χ1n) is 4.66. The molecule has 0 aliphatic heterocycles. The molecule has 4 heteroatoms. The van der Waals surface area contributed by atoms with E-state index in [1.807, 2.05) is 0 Å². The molecule has 0 amide bonds. The lowest BCUT2D eigenvalue weighted by atomic mass is 10.5. The maximum atomic E-state index is 10.7. The fourth-order valence-electron chi connectivity index (χ4n) is 0.622. The van der Waals surface area contributed by atoms with E-state index >= 15 is 0 Å². The summed E-state index contributed by atoms with van der Waals surface area (Å²) in [5.41, 5.74) is 0. The maximum Gasteiger partial charge on any atom is 0.305 e. The van der Waals surface area contributed by atoms with Crippen molar-refractivity contribution in [1.29, 1.82) is 0 Å². The summed E-state index contributed by atoms with van der Waals surface area (Å²) in [5, 5.41) is 0. The molecule has 0 aliphatic carbocycles. The van der Waals surface area contributed by atoms with Crippen LogP contribution >= 0.6 is 0 Å². The SMILES string of the molecule is CCC(=O)OCC=CCOC(=O)CC. The molecule has 0 aromatic carbocycles. The van der Waals surface area contributed by atoms with Gasteiger partial charge in [-0.1, -0.05) is 13.8 Å². The number of ether oxygens (including phenoxy) is 2. The van der Waals surface area contributed by atoms with Crippen molar-refractivity contribution in [1.82, 2.24) is 0 Å². The van der Waals surface area contributed by atoms with Gasteiger partial charge in [0.25, 0.3) is 0 Å². The Bertz CT molecular complexity index is 186. The van der Waals surface area contributed by atoms with Gasteiger partial charge in [0.05, 0.1) is 0 Å². The highest BCUT2D eigenvalue weighted by atomic mass is 16.5. The van der Waals surface area contributed by atoms with Gasteiger partial charge in [0, 0.05) is 12.8 Å². The number of carbonyl (C=O) groups is 2. The molecule has 0 rings (SSSR count). The van der Waals surface area contributed by atoms with Crippen molar-refractivity contribution < 1.29 is 19.1 Å². The average Bonchev–Trinajstić information content (AvgIpc) is 2.22. The monoisotopic (exact) mass is 200 g/mol. The zero-order chi connectivity index (χ0) is 10.8. The zero-order valence-corrected chi connectivity index (χ0v) is 8.62. The molecule has 4 nitrogen and oxygen atoms in total. The molecule has 0 atom stereocenters. The van der Waals surface area contributed by atoms with Crippen LogP contribution in [0, 0.1) is 0 Å². The van der Waals surface area contributed by atoms with Crippen molar-refractivity contribution in [2.75, 3.05) is 13.2 Å². The van der Waals surface area contributed by atoms with Gasteiger partial charge in [0.2, 0.25) is 0 Å². The van der Waals surface area contributed by atoms with Crippen LogP contribution in [-0.2, 0) is 19.1 Å². The quantitative estimate of drug-likeness (QED) is 0.481. The van der Waals surface area contributed by atoms with Crippen LogP contribution in [0.25, 0.3) is 0 Å². The minimum Gasteiger partial charge on any atom is -0.461 e. The van der Waals surface area contributed by atoms with Crippen LogP contribution in [0.1, 0.15) is 26.7 Å². The highest BCUT2D eigenvalue weighted by molar-refractivity contribution is 5.69. The molecule has 0 aliphatic rings. The molecule has 0 saturated heterocycles. The van der Waals surface area contributed by atoms with Crippen molar-refractivity contribution in [2.24, 2.45) is 0 Å². The van der Waals surface area contributed by atoms with Crippen LogP contribution in [0.5, 0.6) is 0 Å². The first kappa shape index (κ1) is 12.7. The van der Waals surface area contributed by atoms with E-state index < -0.39 is 0 Å². The normalized spacial score (nSPS) is 10.1. The summed E-state index contributed by atoms with van der Waals surface area (Å²) in [6.07, 6.45) is 4.05. The van der Waals surface area contributed by atoms with Gasteiger partial charge < -0.3 is 9.47 Å². The van der Waals surface area contributed by atoms with Gasteiger partial charge in [-0.3, -0.25) is 9.59 Å². The Labute approximate surface area is 83.9 Å². The Morgan fingerprint density at radius 2 is 1.29 bits per heavy atom. The van der Waals surface area contributed by atoms with Crippen LogP contribution in [0.15, 0.2) is 12.2 Å². The van der Waals surface area contributed by atoms with E-state index in [2.05, 4.69) is 0 Å². The second-order valence-electron chi connectivity index (χ2n) is 2.54. The molecule has 0 saturated carbocycles. The Hall–Kier alpha value is -1.32. The third-order valence-corrected chi connectivity index (χ3v) is 1.43. The Morgan fingerprint density at radius 3 is 1.57 bits per heavy atom. The van der Waals surface area contributed by atoms with Gasteiger partial charge in [0.1, 0.15) is 13.2 Å². The van der Waals surface area contributed by atoms with Crippen LogP contribution < -0.4 is 0 Å². The molecule has 0 radical (unpaired) electrons. The van der Waals surface area contributed by atoms with Crippen LogP contribution in [0.4, 0.5) is 0 Å². The van der Waals surface area contributed by atoms with E-state index in [-0.39, 0.29) is 25.2 Å². The van der Waals surface area contributed by atoms with Gasteiger partial charge >= 0.3 is 11.9 Å². The molecule has 0 unspecified atom stereocenters. The lowest BCUT2D eigenvalue weighted by Crippen LogP contribution is -2.03. The lowest BCUT2D eigenvalue weighted by molar-refractivity contribution is -0.143. The Kier molecular flexibility index (Phi) is 7.50. The minimum absolute atomic E-state index is 0.232. The average molecular weight is 200 g/mol. The molecule has 80 valence electrons. The summed E-state index contributed by atoms with van der Waals surface area (Å²) in [4.78, 5) is 21.3. The van der Waals surface area contributed by atoms with Crippen LogP contribution in [0.2, 0.25) is 0 Å². The number of esters is 2. The smallest absolute Gasteiger partial charge is 0.305 e. The second kappa shape index (κ2) is 8.29. The summed E-state index contributed by atoms with van der Waals surface area (Å²) in [6, 6.07) is 0. The Morgan fingerprint density at radius 1 is 0.929 bits per heavy atom. The molecule has 0 spiro atoms. The number of hydrogen-bond donors (Lipinski definition) is 0. The predicted molar refractivity (Wildman–Crippen MR) is 51.6 cm³/mol. The van der Waals surface area contributed by atoms with E-state index in [4.69, 9.17) is 9.47 Å². The summed E-state index contributed by atoms with van der Waals surface area (Å²) >= 11 is 0. The molecule has 14 heavy (non-hydrogen) atoms. The van der Waals surface area contributed by atoms with Gasteiger partial charge in [-0.25, -0.2) is 0 Å². The first-order chi connectivity index (χ1) is 6.70. The summed E-state index contributed by atoms with van der Waals surface area (Å²) in [5.74, 6) is -0.472. The van der Waals surface area contributed by atoms with E-state index in [0.29, 0.717) is 12.8 Å². The highest BCUT2D eigenvalue weighted by Gasteiger charge is 1.95. The number of carbonyl (C=O) groups excluding carboxylic acids is 2. The fourth-order valence-corrected chi connectivity index (χ4v) is 0.622. The number of hydrogen-bond acceptors (Lipinski definition) is 4. The molecule has 0 heterocycles. The third-order valence-electron chi connectivity index (χ3n) is 1.43. The van der Waals surface area contributed by atoms with Crippen molar-refractivity contribution in [3.8, 4) is 0 Å². The molecular formula is C10H16O4. The fraction of sp³-hybridized carbons (Fsp3) is 0.600. The summed E-state index contributed by atoms with van der Waals surface area (Å²) in [7, 11) is 0. The summed E-state index contributed by atoms with van der Waals surface area (Å²) in [6.45, 7) is 3.93. The van der Waals surface area contributed by atoms with Crippen molar-refractivity contribution in [2.45, 2.75) is 26.7 Å². The third kappa shape index (κ3) is 7.34. The van der Waals surface area contributed by atoms with E-state index in [9.17, 15) is 9.59 Å². The maximum absolute atomic E-state index is 10.7. The zero-order valence-electron chi connectivity index (χ0n) is 8.62. The first-order valence-corrected chi connectivity index (χ1v) is 4.66. The van der Waals surface area contributed by atoms with Crippen molar-refractivity contribution in [3.05, 3.63) is 12.2 Å². The van der Waals surface area contributed by atoms with Crippen molar-refractivity contribution in [3.63, 3.8) is 0 Å². The highest BCUT2D eigenvalue weighted by Crippen LogP contribution is 1.87. The lowest BCUT2D eigenvalue weighted by Gasteiger charge is -1.99. The van der Waals surface area contributed by atoms with E-state index in [0.717, 1.165) is 0 Å². The molecule has 0 aromatic heterocycles. The minimum atomic E-state index is -0.236. The predicted octanol–water partition coefficient (Wildman–Crippen LogP) is 1.45. The van der Waals surface area contributed by atoms with Crippen LogP contribution in [0.3, 0.4) is 0 Å². The van der Waals surface area contributed by atoms with Gasteiger partial charge in [-0.15, -0.1) is 0 Å². The van der Waals surface area contributed by atoms with Gasteiger partial charge in [0.15, 0.2) is 0 Å². The molecule has 0 N–H and O–H groups in total. The van der Waals surface area contributed by atoms with Gasteiger partial charge in [-0.05, 0) is 12.2 Å². The standard InChI is InChI=1S/C10H16O4/c1-3-9(11)13-7-5-6-8-14-10(12)4-2/h5-6H,3-4,7-8H2,1-2H3.